The molecular weight excluding hydrogens is 333 g/mol. The third kappa shape index (κ3) is 3.48. The van der Waals surface area contributed by atoms with Crippen LogP contribution in [0.1, 0.15) is 31.0 Å². The Hall–Kier alpha value is -1.03. The molecule has 0 bridgehead atoms. The van der Waals surface area contributed by atoms with Crippen molar-refractivity contribution >= 4 is 28.3 Å². The SMILES string of the molecule is CCc1ccc(C(C)Nc2cccc(I)c2)cc1. The Balaban J connectivity index is 2.09. The van der Waals surface area contributed by atoms with E-state index in [4.69, 9.17) is 0 Å². The molecule has 1 atom stereocenters. The molecule has 2 heteroatoms. The van der Waals surface area contributed by atoms with Gasteiger partial charge in [-0.2, -0.15) is 0 Å². The predicted molar refractivity (Wildman–Crippen MR) is 87.0 cm³/mol. The van der Waals surface area contributed by atoms with Crippen molar-refractivity contribution in [3.05, 3.63) is 63.2 Å². The maximum atomic E-state index is 3.53. The Kier molecular flexibility index (Phi) is 4.64. The van der Waals surface area contributed by atoms with Gasteiger partial charge < -0.3 is 5.32 Å². The lowest BCUT2D eigenvalue weighted by Crippen LogP contribution is -2.06. The summed E-state index contributed by atoms with van der Waals surface area (Å²) in [6.45, 7) is 4.38. The third-order valence-electron chi connectivity index (χ3n) is 3.10. The first-order chi connectivity index (χ1) is 8.69. The van der Waals surface area contributed by atoms with E-state index in [1.54, 1.807) is 0 Å². The molecule has 2 aromatic rings. The van der Waals surface area contributed by atoms with Gasteiger partial charge in [0.25, 0.3) is 0 Å². The summed E-state index contributed by atoms with van der Waals surface area (Å²) in [5.74, 6) is 0. The van der Waals surface area contributed by atoms with E-state index in [1.807, 2.05) is 0 Å². The molecule has 2 rings (SSSR count). The molecule has 0 saturated carbocycles. The van der Waals surface area contributed by atoms with Gasteiger partial charge in [0.05, 0.1) is 0 Å². The highest BCUT2D eigenvalue weighted by Gasteiger charge is 2.05. The first-order valence-corrected chi connectivity index (χ1v) is 7.38. The standard InChI is InChI=1S/C16H18IN/c1-3-13-7-9-14(10-8-13)12(2)18-16-6-4-5-15(17)11-16/h4-12,18H,3H2,1-2H3. The molecule has 1 N–H and O–H groups in total. The largest absolute Gasteiger partial charge is 0.378 e. The van der Waals surface area contributed by atoms with Crippen LogP contribution in [0.3, 0.4) is 0 Å². The number of anilines is 1. The number of hydrogen-bond donors (Lipinski definition) is 1. The van der Waals surface area contributed by atoms with Crippen LogP contribution in [0.2, 0.25) is 0 Å². The second-order valence-electron chi connectivity index (χ2n) is 4.47. The summed E-state index contributed by atoms with van der Waals surface area (Å²) in [4.78, 5) is 0. The van der Waals surface area contributed by atoms with Crippen LogP contribution in [0.5, 0.6) is 0 Å². The first kappa shape index (κ1) is 13.4. The van der Waals surface area contributed by atoms with Gasteiger partial charge in [-0.05, 0) is 65.3 Å². The minimum atomic E-state index is 0.328. The smallest absolute Gasteiger partial charge is 0.0485 e. The van der Waals surface area contributed by atoms with Crippen molar-refractivity contribution in [2.24, 2.45) is 0 Å². The van der Waals surface area contributed by atoms with E-state index < -0.39 is 0 Å². The minimum Gasteiger partial charge on any atom is -0.378 e. The van der Waals surface area contributed by atoms with E-state index in [-0.39, 0.29) is 0 Å². The van der Waals surface area contributed by atoms with Crippen molar-refractivity contribution in [1.29, 1.82) is 0 Å². The normalized spacial score (nSPS) is 12.2. The number of hydrogen-bond acceptors (Lipinski definition) is 1. The van der Waals surface area contributed by atoms with Crippen molar-refractivity contribution in [3.63, 3.8) is 0 Å². The molecule has 0 spiro atoms. The quantitative estimate of drug-likeness (QED) is 0.762. The number of benzene rings is 2. The van der Waals surface area contributed by atoms with Crippen LogP contribution in [0.15, 0.2) is 48.5 Å². The van der Waals surface area contributed by atoms with Crippen LogP contribution in [0, 0.1) is 3.57 Å². The van der Waals surface area contributed by atoms with Gasteiger partial charge in [0.2, 0.25) is 0 Å². The zero-order valence-electron chi connectivity index (χ0n) is 10.8. The summed E-state index contributed by atoms with van der Waals surface area (Å²) in [6, 6.07) is 17.6. The Morgan fingerprint density at radius 1 is 1.11 bits per heavy atom. The van der Waals surface area contributed by atoms with Crippen molar-refractivity contribution < 1.29 is 0 Å². The fraction of sp³-hybridized carbons (Fsp3) is 0.250. The monoisotopic (exact) mass is 351 g/mol. The number of rotatable bonds is 4. The van der Waals surface area contributed by atoms with Crippen LogP contribution in [0.4, 0.5) is 5.69 Å². The molecule has 18 heavy (non-hydrogen) atoms. The average Bonchev–Trinajstić information content (AvgIpc) is 2.39. The molecule has 0 saturated heterocycles. The summed E-state index contributed by atoms with van der Waals surface area (Å²) in [5, 5.41) is 3.53. The number of aryl methyl sites for hydroxylation is 1. The third-order valence-corrected chi connectivity index (χ3v) is 3.77. The molecule has 0 aliphatic rings. The molecule has 94 valence electrons. The lowest BCUT2D eigenvalue weighted by molar-refractivity contribution is 0.882. The highest BCUT2D eigenvalue weighted by Crippen LogP contribution is 2.21. The number of nitrogens with one attached hydrogen (secondary N) is 1. The van der Waals surface area contributed by atoms with Crippen molar-refractivity contribution in [2.45, 2.75) is 26.3 Å². The molecule has 0 heterocycles. The lowest BCUT2D eigenvalue weighted by atomic mass is 10.0. The number of halogens is 1. The fourth-order valence-electron chi connectivity index (χ4n) is 1.95. The van der Waals surface area contributed by atoms with E-state index in [0.717, 1.165) is 6.42 Å². The summed E-state index contributed by atoms with van der Waals surface area (Å²) in [5.41, 5.74) is 3.89. The fourth-order valence-corrected chi connectivity index (χ4v) is 2.50. The first-order valence-electron chi connectivity index (χ1n) is 6.30. The van der Waals surface area contributed by atoms with E-state index in [9.17, 15) is 0 Å². The predicted octanol–water partition coefficient (Wildman–Crippen LogP) is 5.03. The summed E-state index contributed by atoms with van der Waals surface area (Å²) >= 11 is 2.34. The molecule has 0 aliphatic heterocycles. The molecule has 1 unspecified atom stereocenters. The van der Waals surface area contributed by atoms with Crippen molar-refractivity contribution in [3.8, 4) is 0 Å². The maximum absolute atomic E-state index is 3.53. The molecular formula is C16H18IN. The van der Waals surface area contributed by atoms with Gasteiger partial charge >= 0.3 is 0 Å². The molecule has 0 amide bonds. The molecule has 2 aromatic carbocycles. The summed E-state index contributed by atoms with van der Waals surface area (Å²) in [6.07, 6.45) is 1.10. The van der Waals surface area contributed by atoms with E-state index >= 15 is 0 Å². The second kappa shape index (κ2) is 6.23. The van der Waals surface area contributed by atoms with E-state index in [0.29, 0.717) is 6.04 Å². The van der Waals surface area contributed by atoms with Gasteiger partial charge in [-0.1, -0.05) is 37.3 Å². The van der Waals surface area contributed by atoms with E-state index in [2.05, 4.69) is 90.3 Å². The van der Waals surface area contributed by atoms with Crippen LogP contribution in [0.25, 0.3) is 0 Å². The molecule has 0 fully saturated rings. The van der Waals surface area contributed by atoms with Crippen LogP contribution < -0.4 is 5.32 Å². The topological polar surface area (TPSA) is 12.0 Å². The van der Waals surface area contributed by atoms with Gasteiger partial charge in [0.15, 0.2) is 0 Å². The summed E-state index contributed by atoms with van der Waals surface area (Å²) in [7, 11) is 0. The van der Waals surface area contributed by atoms with Gasteiger partial charge in [-0.15, -0.1) is 0 Å². The zero-order valence-corrected chi connectivity index (χ0v) is 12.9. The van der Waals surface area contributed by atoms with Gasteiger partial charge in [-0.3, -0.25) is 0 Å². The maximum Gasteiger partial charge on any atom is 0.0485 e. The Bertz CT molecular complexity index is 505. The highest BCUT2D eigenvalue weighted by molar-refractivity contribution is 14.1. The molecule has 0 aliphatic carbocycles. The van der Waals surface area contributed by atoms with E-state index in [1.165, 1.54) is 20.4 Å². The van der Waals surface area contributed by atoms with Gasteiger partial charge in [0, 0.05) is 15.3 Å². The Labute approximate surface area is 123 Å². The van der Waals surface area contributed by atoms with Crippen LogP contribution in [-0.2, 0) is 6.42 Å². The highest BCUT2D eigenvalue weighted by atomic mass is 127. The van der Waals surface area contributed by atoms with Gasteiger partial charge in [0.1, 0.15) is 0 Å². The Morgan fingerprint density at radius 3 is 2.44 bits per heavy atom. The molecule has 1 nitrogen and oxygen atoms in total. The van der Waals surface area contributed by atoms with Crippen molar-refractivity contribution in [1.82, 2.24) is 0 Å². The molecule has 0 aromatic heterocycles. The second-order valence-corrected chi connectivity index (χ2v) is 5.72. The summed E-state index contributed by atoms with van der Waals surface area (Å²) < 4.78 is 1.26. The average molecular weight is 351 g/mol. The van der Waals surface area contributed by atoms with Crippen molar-refractivity contribution in [2.75, 3.05) is 5.32 Å². The van der Waals surface area contributed by atoms with Gasteiger partial charge in [-0.25, -0.2) is 0 Å². The minimum absolute atomic E-state index is 0.328. The van der Waals surface area contributed by atoms with Crippen LogP contribution in [-0.4, -0.2) is 0 Å². The Morgan fingerprint density at radius 2 is 1.83 bits per heavy atom. The zero-order chi connectivity index (χ0) is 13.0. The molecule has 0 radical (unpaired) electrons. The lowest BCUT2D eigenvalue weighted by Gasteiger charge is -2.16. The van der Waals surface area contributed by atoms with Crippen LogP contribution >= 0.6 is 22.6 Å².